The highest BCUT2D eigenvalue weighted by molar-refractivity contribution is 6.33. The number of nitrogens with one attached hydrogen (secondary N) is 1. The number of anilines is 2. The Hall–Kier alpha value is -2.08. The zero-order chi connectivity index (χ0) is 12.4. The molecule has 0 aromatic carbocycles. The number of carbonyl (C=O) groups excluding carboxylic acids is 1. The fourth-order valence-corrected chi connectivity index (χ4v) is 1.41. The zero-order valence-electron chi connectivity index (χ0n) is 8.90. The lowest BCUT2D eigenvalue weighted by Crippen LogP contribution is -2.13. The van der Waals surface area contributed by atoms with E-state index in [2.05, 4.69) is 15.5 Å². The van der Waals surface area contributed by atoms with E-state index in [-0.39, 0.29) is 16.6 Å². The molecule has 0 radical (unpaired) electrons. The van der Waals surface area contributed by atoms with Gasteiger partial charge < -0.3 is 10.3 Å². The lowest BCUT2D eigenvalue weighted by Gasteiger charge is -2.03. The van der Waals surface area contributed by atoms with Gasteiger partial charge in [0.05, 0.1) is 23.1 Å². The van der Waals surface area contributed by atoms with Crippen molar-refractivity contribution >= 4 is 29.1 Å². The second-order valence-corrected chi connectivity index (χ2v) is 3.75. The van der Waals surface area contributed by atoms with E-state index in [0.717, 1.165) is 0 Å². The molecule has 0 bridgehead atoms. The molecule has 0 saturated heterocycles. The molecular weight excluding hydrogens is 244 g/mol. The van der Waals surface area contributed by atoms with Gasteiger partial charge in [-0.2, -0.15) is 0 Å². The summed E-state index contributed by atoms with van der Waals surface area (Å²) in [5.41, 5.74) is 6.73. The van der Waals surface area contributed by atoms with Crippen LogP contribution in [0.1, 0.15) is 16.1 Å². The Balaban J connectivity index is 2.22. The Labute approximate surface area is 102 Å². The predicted octanol–water partition coefficient (Wildman–Crippen LogP) is 1.87. The van der Waals surface area contributed by atoms with Crippen LogP contribution < -0.4 is 11.1 Å². The van der Waals surface area contributed by atoms with E-state index in [1.165, 1.54) is 12.3 Å². The van der Waals surface area contributed by atoms with Gasteiger partial charge in [0.1, 0.15) is 5.15 Å². The molecule has 88 valence electrons. The van der Waals surface area contributed by atoms with E-state index < -0.39 is 5.91 Å². The van der Waals surface area contributed by atoms with Crippen molar-refractivity contribution in [2.24, 2.45) is 0 Å². The van der Waals surface area contributed by atoms with Gasteiger partial charge in [-0.25, -0.2) is 4.98 Å². The number of aryl methyl sites for hydroxylation is 1. The van der Waals surface area contributed by atoms with Crippen molar-refractivity contribution in [3.63, 3.8) is 0 Å². The molecule has 3 N–H and O–H groups in total. The molecule has 2 rings (SSSR count). The molecule has 0 saturated carbocycles. The average Bonchev–Trinajstić information content (AvgIpc) is 2.67. The summed E-state index contributed by atoms with van der Waals surface area (Å²) in [5, 5.41) is 6.22. The summed E-state index contributed by atoms with van der Waals surface area (Å²) in [6.45, 7) is 1.74. The van der Waals surface area contributed by atoms with Gasteiger partial charge in [0.25, 0.3) is 5.91 Å². The molecule has 0 unspecified atom stereocenters. The number of aromatic nitrogens is 2. The number of rotatable bonds is 2. The van der Waals surface area contributed by atoms with E-state index in [4.69, 9.17) is 21.9 Å². The molecule has 0 spiro atoms. The lowest BCUT2D eigenvalue weighted by molar-refractivity contribution is 0.102. The number of hydrogen-bond acceptors (Lipinski definition) is 5. The Morgan fingerprint density at radius 2 is 2.29 bits per heavy atom. The second-order valence-electron chi connectivity index (χ2n) is 3.39. The van der Waals surface area contributed by atoms with Crippen LogP contribution in [0.5, 0.6) is 0 Å². The number of halogens is 1. The summed E-state index contributed by atoms with van der Waals surface area (Å²) in [5.74, 6) is -0.211. The molecule has 0 atom stereocenters. The van der Waals surface area contributed by atoms with Crippen LogP contribution in [0.4, 0.5) is 11.6 Å². The summed E-state index contributed by atoms with van der Waals surface area (Å²) < 4.78 is 4.85. The van der Waals surface area contributed by atoms with E-state index in [1.54, 1.807) is 13.0 Å². The van der Waals surface area contributed by atoms with Crippen LogP contribution in [0, 0.1) is 6.92 Å². The summed E-state index contributed by atoms with van der Waals surface area (Å²) in [6, 6.07) is 3.03. The molecule has 7 heteroatoms. The van der Waals surface area contributed by atoms with Gasteiger partial charge in [0, 0.05) is 6.07 Å². The van der Waals surface area contributed by atoms with E-state index in [9.17, 15) is 4.79 Å². The molecule has 0 fully saturated rings. The largest absolute Gasteiger partial charge is 0.397 e. The van der Waals surface area contributed by atoms with Crippen molar-refractivity contribution in [2.75, 3.05) is 11.1 Å². The van der Waals surface area contributed by atoms with Crippen molar-refractivity contribution in [1.29, 1.82) is 0 Å². The van der Waals surface area contributed by atoms with Crippen molar-refractivity contribution in [3.05, 3.63) is 34.7 Å². The summed E-state index contributed by atoms with van der Waals surface area (Å²) >= 11 is 5.79. The predicted molar refractivity (Wildman–Crippen MR) is 62.9 cm³/mol. The monoisotopic (exact) mass is 252 g/mol. The number of amides is 1. The summed E-state index contributed by atoms with van der Waals surface area (Å²) in [4.78, 5) is 15.6. The SMILES string of the molecule is Cc1cc(NC(=O)c2cc(N)cnc2Cl)on1. The maximum atomic E-state index is 11.8. The lowest BCUT2D eigenvalue weighted by atomic mass is 10.2. The molecular formula is C10H9ClN4O2. The molecule has 0 aliphatic heterocycles. The molecule has 2 aromatic heterocycles. The Bertz CT molecular complexity index is 567. The Morgan fingerprint density at radius 1 is 1.53 bits per heavy atom. The molecule has 2 aromatic rings. The van der Waals surface area contributed by atoms with Crippen LogP contribution >= 0.6 is 11.6 Å². The van der Waals surface area contributed by atoms with Gasteiger partial charge in [-0.1, -0.05) is 16.8 Å². The van der Waals surface area contributed by atoms with E-state index >= 15 is 0 Å². The first kappa shape index (κ1) is 11.4. The van der Waals surface area contributed by atoms with E-state index in [0.29, 0.717) is 11.4 Å². The minimum absolute atomic E-state index is 0.0768. The second kappa shape index (κ2) is 4.42. The normalized spacial score (nSPS) is 10.2. The molecule has 0 aliphatic rings. The third-order valence-corrected chi connectivity index (χ3v) is 2.27. The van der Waals surface area contributed by atoms with Crippen LogP contribution in [0.2, 0.25) is 5.15 Å². The van der Waals surface area contributed by atoms with Gasteiger partial charge in [-0.3, -0.25) is 10.1 Å². The van der Waals surface area contributed by atoms with Crippen LogP contribution in [-0.2, 0) is 0 Å². The van der Waals surface area contributed by atoms with E-state index in [1.807, 2.05) is 0 Å². The van der Waals surface area contributed by atoms with Crippen LogP contribution in [0.3, 0.4) is 0 Å². The Morgan fingerprint density at radius 3 is 2.94 bits per heavy atom. The van der Waals surface area contributed by atoms with Gasteiger partial charge in [0.15, 0.2) is 0 Å². The smallest absolute Gasteiger partial charge is 0.261 e. The first-order valence-electron chi connectivity index (χ1n) is 4.72. The summed E-state index contributed by atoms with van der Waals surface area (Å²) in [6.07, 6.45) is 1.37. The minimum atomic E-state index is -0.453. The Kier molecular flexibility index (Phi) is 2.97. The van der Waals surface area contributed by atoms with Gasteiger partial charge >= 0.3 is 0 Å². The van der Waals surface area contributed by atoms with Gasteiger partial charge in [-0.05, 0) is 13.0 Å². The van der Waals surface area contributed by atoms with Crippen molar-refractivity contribution < 1.29 is 9.32 Å². The van der Waals surface area contributed by atoms with Gasteiger partial charge in [-0.15, -0.1) is 0 Å². The number of pyridine rings is 1. The highest BCUT2D eigenvalue weighted by Gasteiger charge is 2.14. The standard InChI is InChI=1S/C10H9ClN4O2/c1-5-2-8(17-15-5)14-10(16)7-3-6(12)4-13-9(7)11/h2-4H,12H2,1H3,(H,14,16). The third kappa shape index (κ3) is 2.54. The molecule has 17 heavy (non-hydrogen) atoms. The maximum absolute atomic E-state index is 11.8. The number of nitrogens with zero attached hydrogens (tertiary/aromatic N) is 2. The van der Waals surface area contributed by atoms with Crippen LogP contribution in [0.25, 0.3) is 0 Å². The highest BCUT2D eigenvalue weighted by atomic mass is 35.5. The molecule has 6 nitrogen and oxygen atoms in total. The van der Waals surface area contributed by atoms with Crippen LogP contribution in [-0.4, -0.2) is 16.0 Å². The number of carbonyl (C=O) groups is 1. The first-order valence-corrected chi connectivity index (χ1v) is 5.10. The number of nitrogens with two attached hydrogens (primary N) is 1. The minimum Gasteiger partial charge on any atom is -0.397 e. The number of hydrogen-bond donors (Lipinski definition) is 2. The quantitative estimate of drug-likeness (QED) is 0.796. The van der Waals surface area contributed by atoms with Crippen molar-refractivity contribution in [1.82, 2.24) is 10.1 Å². The maximum Gasteiger partial charge on any atom is 0.261 e. The number of nitrogen functional groups attached to an aromatic ring is 1. The third-order valence-electron chi connectivity index (χ3n) is 1.97. The fourth-order valence-electron chi connectivity index (χ4n) is 1.23. The summed E-state index contributed by atoms with van der Waals surface area (Å²) in [7, 11) is 0. The highest BCUT2D eigenvalue weighted by Crippen LogP contribution is 2.18. The average molecular weight is 253 g/mol. The first-order chi connectivity index (χ1) is 8.06. The van der Waals surface area contributed by atoms with Crippen LogP contribution in [0.15, 0.2) is 22.9 Å². The van der Waals surface area contributed by atoms with Crippen molar-refractivity contribution in [3.8, 4) is 0 Å². The zero-order valence-corrected chi connectivity index (χ0v) is 9.65. The molecule has 1 amide bonds. The molecule has 0 aliphatic carbocycles. The van der Waals surface area contributed by atoms with Gasteiger partial charge in [0.2, 0.25) is 5.88 Å². The fraction of sp³-hybridized carbons (Fsp3) is 0.100. The van der Waals surface area contributed by atoms with Crippen molar-refractivity contribution in [2.45, 2.75) is 6.92 Å². The molecule has 2 heterocycles. The topological polar surface area (TPSA) is 94.0 Å².